The molecule has 4 fully saturated rings. The Hall–Kier alpha value is 0. The fraction of sp³-hybridized carbons (Fsp3) is 1.00. The SMILES string of the molecule is CCC(C)(C)CC(C)(C)C12CC3(CCC1C3)C2C. The predicted molar refractivity (Wildman–Crippen MR) is 78.5 cm³/mol. The molecule has 4 saturated carbocycles. The molecule has 0 amide bonds. The maximum atomic E-state index is 2.59. The second-order valence-corrected chi connectivity index (χ2v) is 9.32. The summed E-state index contributed by atoms with van der Waals surface area (Å²) >= 11 is 0. The van der Waals surface area contributed by atoms with Gasteiger partial charge >= 0.3 is 0 Å². The van der Waals surface area contributed by atoms with E-state index in [1.807, 2.05) is 0 Å². The summed E-state index contributed by atoms with van der Waals surface area (Å²) in [6.45, 7) is 15.1. The molecule has 18 heavy (non-hydrogen) atoms. The lowest BCUT2D eigenvalue weighted by atomic mass is 9.38. The average molecular weight is 248 g/mol. The van der Waals surface area contributed by atoms with Crippen molar-refractivity contribution in [2.75, 3.05) is 0 Å². The minimum atomic E-state index is 0.516. The molecule has 0 aliphatic heterocycles. The van der Waals surface area contributed by atoms with Crippen molar-refractivity contribution in [3.63, 3.8) is 0 Å². The van der Waals surface area contributed by atoms with Crippen LogP contribution in [0.25, 0.3) is 0 Å². The van der Waals surface area contributed by atoms with E-state index >= 15 is 0 Å². The molecule has 4 unspecified atom stereocenters. The van der Waals surface area contributed by atoms with Crippen molar-refractivity contribution in [2.24, 2.45) is 33.5 Å². The van der Waals surface area contributed by atoms with Crippen LogP contribution in [0.4, 0.5) is 0 Å². The molecule has 0 saturated heterocycles. The van der Waals surface area contributed by atoms with E-state index < -0.39 is 0 Å². The van der Waals surface area contributed by atoms with Crippen LogP contribution in [0.15, 0.2) is 0 Å². The lowest BCUT2D eigenvalue weighted by Gasteiger charge is -2.66. The molecule has 0 N–H and O–H groups in total. The van der Waals surface area contributed by atoms with E-state index in [0.29, 0.717) is 16.2 Å². The highest BCUT2D eigenvalue weighted by Crippen LogP contribution is 2.85. The molecule has 0 radical (unpaired) electrons. The quantitative estimate of drug-likeness (QED) is 0.601. The smallest absolute Gasteiger partial charge is 0.0181 e. The minimum absolute atomic E-state index is 0.516. The first-order valence-electron chi connectivity index (χ1n) is 8.19. The molecule has 0 aromatic carbocycles. The van der Waals surface area contributed by atoms with Gasteiger partial charge in [0.1, 0.15) is 0 Å². The Kier molecular flexibility index (Phi) is 2.43. The van der Waals surface area contributed by atoms with Gasteiger partial charge in [-0.25, -0.2) is 0 Å². The van der Waals surface area contributed by atoms with Gasteiger partial charge in [0, 0.05) is 0 Å². The van der Waals surface area contributed by atoms with Gasteiger partial charge in [0.25, 0.3) is 0 Å². The summed E-state index contributed by atoms with van der Waals surface area (Å²) < 4.78 is 0. The highest BCUT2D eigenvalue weighted by molar-refractivity contribution is 5.26. The Morgan fingerprint density at radius 1 is 1.17 bits per heavy atom. The summed E-state index contributed by atoms with van der Waals surface area (Å²) in [5.41, 5.74) is 2.57. The van der Waals surface area contributed by atoms with Crippen LogP contribution in [-0.2, 0) is 0 Å². The largest absolute Gasteiger partial charge is 0.0649 e. The van der Waals surface area contributed by atoms with Crippen LogP contribution >= 0.6 is 0 Å². The topological polar surface area (TPSA) is 0 Å². The molecule has 0 aromatic heterocycles. The Morgan fingerprint density at radius 2 is 1.83 bits per heavy atom. The highest BCUT2D eigenvalue weighted by atomic mass is 14.8. The molecule has 3 bridgehead atoms. The Balaban J connectivity index is 1.87. The van der Waals surface area contributed by atoms with E-state index in [0.717, 1.165) is 17.3 Å². The summed E-state index contributed by atoms with van der Waals surface area (Å²) in [7, 11) is 0. The van der Waals surface area contributed by atoms with Gasteiger partial charge in [-0.3, -0.25) is 0 Å². The lowest BCUT2D eigenvalue weighted by Crippen LogP contribution is -2.59. The van der Waals surface area contributed by atoms with Gasteiger partial charge in [-0.15, -0.1) is 0 Å². The third-order valence-corrected chi connectivity index (χ3v) is 7.85. The van der Waals surface area contributed by atoms with Crippen LogP contribution in [0.3, 0.4) is 0 Å². The van der Waals surface area contributed by atoms with E-state index in [-0.39, 0.29) is 0 Å². The maximum Gasteiger partial charge on any atom is -0.0181 e. The second-order valence-electron chi connectivity index (χ2n) is 9.32. The molecular formula is C18H32. The van der Waals surface area contributed by atoms with Crippen molar-refractivity contribution in [3.8, 4) is 0 Å². The molecule has 0 heteroatoms. The number of rotatable bonds is 4. The summed E-state index contributed by atoms with van der Waals surface area (Å²) in [4.78, 5) is 0. The minimum Gasteiger partial charge on any atom is -0.0649 e. The zero-order valence-corrected chi connectivity index (χ0v) is 13.4. The predicted octanol–water partition coefficient (Wildman–Crippen LogP) is 5.67. The molecule has 104 valence electrons. The van der Waals surface area contributed by atoms with Crippen molar-refractivity contribution in [1.82, 2.24) is 0 Å². The van der Waals surface area contributed by atoms with Gasteiger partial charge in [-0.05, 0) is 65.6 Å². The fourth-order valence-electron chi connectivity index (χ4n) is 6.82. The molecular weight excluding hydrogens is 216 g/mol. The van der Waals surface area contributed by atoms with Gasteiger partial charge in [0.05, 0.1) is 0 Å². The fourth-order valence-corrected chi connectivity index (χ4v) is 6.82. The first-order chi connectivity index (χ1) is 8.19. The van der Waals surface area contributed by atoms with Crippen LogP contribution in [0.5, 0.6) is 0 Å². The van der Waals surface area contributed by atoms with Gasteiger partial charge in [-0.2, -0.15) is 0 Å². The summed E-state index contributed by atoms with van der Waals surface area (Å²) in [5, 5.41) is 0. The normalized spacial score (nSPS) is 46.3. The van der Waals surface area contributed by atoms with Crippen LogP contribution in [0.1, 0.15) is 80.1 Å². The number of hydrogen-bond donors (Lipinski definition) is 0. The standard InChI is InChI=1S/C18H32/c1-7-15(3,4)11-16(5,6)18-12-17(13(18)2)9-8-14(18)10-17/h13-14H,7-12H2,1-6H3. The third kappa shape index (κ3) is 1.28. The van der Waals surface area contributed by atoms with Gasteiger partial charge in [0.15, 0.2) is 0 Å². The molecule has 4 aliphatic carbocycles. The van der Waals surface area contributed by atoms with Crippen molar-refractivity contribution in [1.29, 1.82) is 0 Å². The zero-order chi connectivity index (χ0) is 13.4. The molecule has 4 atom stereocenters. The first-order valence-corrected chi connectivity index (χ1v) is 8.19. The Morgan fingerprint density at radius 3 is 2.28 bits per heavy atom. The third-order valence-electron chi connectivity index (χ3n) is 7.85. The van der Waals surface area contributed by atoms with E-state index in [1.165, 1.54) is 12.8 Å². The average Bonchev–Trinajstić information content (AvgIpc) is 2.90. The van der Waals surface area contributed by atoms with Gasteiger partial charge in [-0.1, -0.05) is 48.0 Å². The first kappa shape index (κ1) is 13.0. The molecule has 0 nitrogen and oxygen atoms in total. The van der Waals surface area contributed by atoms with Crippen molar-refractivity contribution in [3.05, 3.63) is 0 Å². The van der Waals surface area contributed by atoms with E-state index in [4.69, 9.17) is 0 Å². The van der Waals surface area contributed by atoms with Gasteiger partial charge < -0.3 is 0 Å². The maximum absolute atomic E-state index is 2.59. The number of hydrogen-bond acceptors (Lipinski definition) is 0. The monoisotopic (exact) mass is 248 g/mol. The van der Waals surface area contributed by atoms with Crippen LogP contribution in [0.2, 0.25) is 0 Å². The van der Waals surface area contributed by atoms with Gasteiger partial charge in [0.2, 0.25) is 0 Å². The highest BCUT2D eigenvalue weighted by Gasteiger charge is 2.77. The summed E-state index contributed by atoms with van der Waals surface area (Å²) in [6.07, 6.45) is 8.96. The molecule has 4 aliphatic rings. The van der Waals surface area contributed by atoms with Crippen LogP contribution in [-0.4, -0.2) is 0 Å². The Bertz CT molecular complexity index is 360. The van der Waals surface area contributed by atoms with Crippen molar-refractivity contribution < 1.29 is 0 Å². The Labute approximate surface area is 114 Å². The lowest BCUT2D eigenvalue weighted by molar-refractivity contribution is -0.179. The summed E-state index contributed by atoms with van der Waals surface area (Å²) in [5.74, 6) is 2.07. The molecule has 0 aromatic rings. The van der Waals surface area contributed by atoms with E-state index in [9.17, 15) is 0 Å². The van der Waals surface area contributed by atoms with E-state index in [1.54, 1.807) is 25.7 Å². The van der Waals surface area contributed by atoms with Crippen molar-refractivity contribution >= 4 is 0 Å². The second kappa shape index (κ2) is 3.36. The molecule has 0 heterocycles. The van der Waals surface area contributed by atoms with Crippen molar-refractivity contribution in [2.45, 2.75) is 80.1 Å². The van der Waals surface area contributed by atoms with E-state index in [2.05, 4.69) is 41.5 Å². The van der Waals surface area contributed by atoms with Crippen LogP contribution < -0.4 is 0 Å². The van der Waals surface area contributed by atoms with Crippen LogP contribution in [0, 0.1) is 33.5 Å². The molecule has 4 rings (SSSR count). The zero-order valence-electron chi connectivity index (χ0n) is 13.4. The molecule has 1 spiro atoms. The summed E-state index contributed by atoms with van der Waals surface area (Å²) in [6, 6.07) is 0.